The predicted octanol–water partition coefficient (Wildman–Crippen LogP) is 2.32. The topological polar surface area (TPSA) is 24.1 Å². The van der Waals surface area contributed by atoms with Crippen LogP contribution in [0.2, 0.25) is 0 Å². The molecule has 3 heteroatoms. The quantitative estimate of drug-likeness (QED) is 0.741. The van der Waals surface area contributed by atoms with Gasteiger partial charge < -0.3 is 10.6 Å². The number of benzene rings is 1. The highest BCUT2D eigenvalue weighted by atomic mass is 79.9. The van der Waals surface area contributed by atoms with Crippen molar-refractivity contribution in [3.63, 3.8) is 0 Å². The summed E-state index contributed by atoms with van der Waals surface area (Å²) < 4.78 is 1.20. The Labute approximate surface area is 92.2 Å². The Morgan fingerprint density at radius 3 is 3.21 bits per heavy atom. The lowest BCUT2D eigenvalue weighted by molar-refractivity contribution is 0.440. The van der Waals surface area contributed by atoms with E-state index in [1.807, 2.05) is 0 Å². The van der Waals surface area contributed by atoms with Gasteiger partial charge in [0.2, 0.25) is 0 Å². The van der Waals surface area contributed by atoms with Gasteiger partial charge >= 0.3 is 0 Å². The molecule has 14 heavy (non-hydrogen) atoms. The third-order valence-electron chi connectivity index (χ3n) is 3.26. The summed E-state index contributed by atoms with van der Waals surface area (Å²) in [5, 5.41) is 7.08. The molecule has 1 fully saturated rings. The highest BCUT2D eigenvalue weighted by Crippen LogP contribution is 2.41. The first-order valence-electron chi connectivity index (χ1n) is 5.12. The highest BCUT2D eigenvalue weighted by molar-refractivity contribution is 9.10. The molecule has 2 N–H and O–H groups in total. The first-order valence-corrected chi connectivity index (χ1v) is 5.91. The number of fused-ring (bicyclic) bond motifs is 3. The summed E-state index contributed by atoms with van der Waals surface area (Å²) in [5.41, 5.74) is 2.78. The van der Waals surface area contributed by atoms with Crippen LogP contribution < -0.4 is 10.6 Å². The molecule has 3 rings (SSSR count). The minimum atomic E-state index is 0.643. The molecule has 0 radical (unpaired) electrons. The third kappa shape index (κ3) is 1.19. The summed E-state index contributed by atoms with van der Waals surface area (Å²) in [6.07, 6.45) is 1.23. The van der Waals surface area contributed by atoms with Crippen molar-refractivity contribution in [3.05, 3.63) is 28.2 Å². The van der Waals surface area contributed by atoms with Crippen LogP contribution in [-0.4, -0.2) is 19.1 Å². The number of nitrogens with one attached hydrogen (secondary N) is 2. The predicted molar refractivity (Wildman–Crippen MR) is 61.8 cm³/mol. The van der Waals surface area contributed by atoms with Crippen LogP contribution in [0.1, 0.15) is 17.9 Å². The van der Waals surface area contributed by atoms with E-state index in [0.29, 0.717) is 12.0 Å². The van der Waals surface area contributed by atoms with Gasteiger partial charge in [-0.05, 0) is 40.5 Å². The summed E-state index contributed by atoms with van der Waals surface area (Å²) in [4.78, 5) is 0. The number of hydrogen-bond acceptors (Lipinski definition) is 2. The average Bonchev–Trinajstić information content (AvgIpc) is 2.59. The van der Waals surface area contributed by atoms with E-state index in [2.05, 4.69) is 44.8 Å². The van der Waals surface area contributed by atoms with Gasteiger partial charge in [-0.3, -0.25) is 0 Å². The van der Waals surface area contributed by atoms with E-state index in [1.54, 1.807) is 0 Å². The van der Waals surface area contributed by atoms with Crippen LogP contribution >= 0.6 is 15.9 Å². The summed E-state index contributed by atoms with van der Waals surface area (Å²) in [6.45, 7) is 2.25. The van der Waals surface area contributed by atoms with Crippen molar-refractivity contribution in [1.82, 2.24) is 5.32 Å². The van der Waals surface area contributed by atoms with E-state index in [0.717, 1.165) is 13.1 Å². The van der Waals surface area contributed by atoms with Crippen molar-refractivity contribution < 1.29 is 0 Å². The van der Waals surface area contributed by atoms with Crippen LogP contribution in [0.4, 0.5) is 5.69 Å². The normalized spacial score (nSPS) is 29.2. The Bertz CT molecular complexity index is 364. The Balaban J connectivity index is 2.05. The number of para-hydroxylation sites is 1. The number of halogens is 1. The molecule has 0 bridgehead atoms. The maximum Gasteiger partial charge on any atom is 0.0523 e. The van der Waals surface area contributed by atoms with Crippen molar-refractivity contribution >= 4 is 21.6 Å². The Hall–Kier alpha value is -0.540. The highest BCUT2D eigenvalue weighted by Gasteiger charge is 2.34. The Morgan fingerprint density at radius 2 is 2.29 bits per heavy atom. The van der Waals surface area contributed by atoms with Gasteiger partial charge in [-0.1, -0.05) is 12.1 Å². The lowest BCUT2D eigenvalue weighted by atomic mass is 9.91. The van der Waals surface area contributed by atoms with Crippen molar-refractivity contribution in [2.45, 2.75) is 18.4 Å². The molecule has 0 aromatic heterocycles. The van der Waals surface area contributed by atoms with Gasteiger partial charge in [0.25, 0.3) is 0 Å². The average molecular weight is 253 g/mol. The van der Waals surface area contributed by atoms with Gasteiger partial charge in [0, 0.05) is 23.0 Å². The lowest BCUT2D eigenvalue weighted by Gasteiger charge is -2.26. The second kappa shape index (κ2) is 3.24. The first-order chi connectivity index (χ1) is 6.86. The molecular formula is C11H13BrN2. The Kier molecular flexibility index (Phi) is 2.03. The van der Waals surface area contributed by atoms with E-state index in [9.17, 15) is 0 Å². The molecule has 1 unspecified atom stereocenters. The van der Waals surface area contributed by atoms with Gasteiger partial charge in [-0.25, -0.2) is 0 Å². The summed E-state index contributed by atoms with van der Waals surface area (Å²) >= 11 is 3.60. The fourth-order valence-electron chi connectivity index (χ4n) is 2.55. The number of rotatable bonds is 0. The molecular weight excluding hydrogens is 240 g/mol. The molecule has 2 atom stereocenters. The standard InChI is InChI=1S/C11H13BrN2/c12-9-3-1-2-7-8-6-13-5-4-10(8)14-11(7)9/h1-3,8,10,13-14H,4-6H2/t8-,10?/m0/s1. The fraction of sp³-hybridized carbons (Fsp3) is 0.455. The van der Waals surface area contributed by atoms with Gasteiger partial charge in [0.05, 0.1) is 5.69 Å². The zero-order valence-electron chi connectivity index (χ0n) is 7.89. The Morgan fingerprint density at radius 1 is 1.36 bits per heavy atom. The molecule has 74 valence electrons. The zero-order valence-corrected chi connectivity index (χ0v) is 9.47. The smallest absolute Gasteiger partial charge is 0.0523 e. The monoisotopic (exact) mass is 252 g/mol. The number of hydrogen-bond donors (Lipinski definition) is 2. The largest absolute Gasteiger partial charge is 0.380 e. The second-order valence-electron chi connectivity index (χ2n) is 4.05. The first kappa shape index (κ1) is 8.74. The van der Waals surface area contributed by atoms with Crippen LogP contribution in [0.3, 0.4) is 0 Å². The third-order valence-corrected chi connectivity index (χ3v) is 3.92. The van der Waals surface area contributed by atoms with Crippen LogP contribution in [0.25, 0.3) is 0 Å². The molecule has 2 heterocycles. The molecule has 1 saturated heterocycles. The number of anilines is 1. The van der Waals surface area contributed by atoms with Crippen molar-refractivity contribution in [1.29, 1.82) is 0 Å². The minimum Gasteiger partial charge on any atom is -0.380 e. The van der Waals surface area contributed by atoms with Gasteiger partial charge in [-0.15, -0.1) is 0 Å². The molecule has 0 amide bonds. The molecule has 0 spiro atoms. The SMILES string of the molecule is Brc1cccc2c1NC1CCNC[C@@H]21. The van der Waals surface area contributed by atoms with Crippen LogP contribution in [0.15, 0.2) is 22.7 Å². The van der Waals surface area contributed by atoms with Crippen LogP contribution in [-0.2, 0) is 0 Å². The van der Waals surface area contributed by atoms with E-state index < -0.39 is 0 Å². The molecule has 1 aromatic rings. The van der Waals surface area contributed by atoms with E-state index >= 15 is 0 Å². The summed E-state index contributed by atoms with van der Waals surface area (Å²) in [7, 11) is 0. The molecule has 2 aliphatic rings. The van der Waals surface area contributed by atoms with Crippen LogP contribution in [0.5, 0.6) is 0 Å². The van der Waals surface area contributed by atoms with Crippen molar-refractivity contribution in [3.8, 4) is 0 Å². The van der Waals surface area contributed by atoms with Gasteiger partial charge in [-0.2, -0.15) is 0 Å². The molecule has 0 saturated carbocycles. The number of piperidine rings is 1. The van der Waals surface area contributed by atoms with Gasteiger partial charge in [0.15, 0.2) is 0 Å². The van der Waals surface area contributed by atoms with E-state index in [4.69, 9.17) is 0 Å². The molecule has 0 aliphatic carbocycles. The maximum atomic E-state index is 3.62. The molecule has 2 aliphatic heterocycles. The molecule has 2 nitrogen and oxygen atoms in total. The zero-order chi connectivity index (χ0) is 9.54. The minimum absolute atomic E-state index is 0.643. The van der Waals surface area contributed by atoms with Gasteiger partial charge in [0.1, 0.15) is 0 Å². The molecule has 1 aromatic carbocycles. The lowest BCUT2D eigenvalue weighted by Crippen LogP contribution is -2.38. The maximum absolute atomic E-state index is 3.62. The second-order valence-corrected chi connectivity index (χ2v) is 4.91. The van der Waals surface area contributed by atoms with E-state index in [1.165, 1.54) is 22.1 Å². The van der Waals surface area contributed by atoms with E-state index in [-0.39, 0.29) is 0 Å². The van der Waals surface area contributed by atoms with Crippen molar-refractivity contribution in [2.24, 2.45) is 0 Å². The summed E-state index contributed by atoms with van der Waals surface area (Å²) in [6, 6.07) is 7.12. The van der Waals surface area contributed by atoms with Crippen molar-refractivity contribution in [2.75, 3.05) is 18.4 Å². The fourth-order valence-corrected chi connectivity index (χ4v) is 3.04. The summed E-state index contributed by atoms with van der Waals surface area (Å²) in [5.74, 6) is 0.663. The van der Waals surface area contributed by atoms with Crippen LogP contribution in [0, 0.1) is 0 Å².